The molecule has 0 saturated heterocycles. The summed E-state index contributed by atoms with van der Waals surface area (Å²) in [5, 5.41) is 11.2. The van der Waals surface area contributed by atoms with E-state index in [9.17, 15) is 14.0 Å². The molecule has 108 valence electrons. The molecule has 1 aliphatic rings. The zero-order chi connectivity index (χ0) is 14.7. The minimum Gasteiger partial charge on any atom is -0.478 e. The second-order valence-electron chi connectivity index (χ2n) is 4.98. The molecule has 0 bridgehead atoms. The number of rotatable bonds is 3. The number of halogens is 1. The molecule has 1 aromatic carbocycles. The van der Waals surface area contributed by atoms with Crippen molar-refractivity contribution in [3.63, 3.8) is 0 Å². The third kappa shape index (κ3) is 3.07. The number of nitrogens with one attached hydrogen (secondary N) is 1. The van der Waals surface area contributed by atoms with Gasteiger partial charge in [-0.1, -0.05) is 12.8 Å². The minimum atomic E-state index is -1.20. The summed E-state index contributed by atoms with van der Waals surface area (Å²) in [6.07, 6.45) is 4.13. The highest BCUT2D eigenvalue weighted by Gasteiger charge is 2.24. The van der Waals surface area contributed by atoms with Gasteiger partial charge in [-0.15, -0.1) is 0 Å². The molecule has 5 nitrogen and oxygen atoms in total. The van der Waals surface area contributed by atoms with Gasteiger partial charge in [0.25, 0.3) is 0 Å². The zero-order valence-electron chi connectivity index (χ0n) is 11.2. The smallest absolute Gasteiger partial charge is 0.335 e. The number of urea groups is 1. The highest BCUT2D eigenvalue weighted by molar-refractivity contribution is 5.91. The number of aromatic carboxylic acids is 1. The zero-order valence-corrected chi connectivity index (χ0v) is 11.2. The quantitative estimate of drug-likeness (QED) is 0.894. The van der Waals surface area contributed by atoms with Crippen LogP contribution in [-0.2, 0) is 0 Å². The van der Waals surface area contributed by atoms with Crippen LogP contribution in [0.1, 0.15) is 36.0 Å². The lowest BCUT2D eigenvalue weighted by Crippen LogP contribution is -2.38. The third-order valence-electron chi connectivity index (χ3n) is 3.65. The van der Waals surface area contributed by atoms with E-state index in [-0.39, 0.29) is 23.3 Å². The van der Waals surface area contributed by atoms with E-state index in [0.29, 0.717) is 0 Å². The number of amides is 2. The van der Waals surface area contributed by atoms with Crippen LogP contribution in [0.3, 0.4) is 0 Å². The lowest BCUT2D eigenvalue weighted by Gasteiger charge is -2.24. The number of hydrogen-bond acceptors (Lipinski definition) is 2. The van der Waals surface area contributed by atoms with Crippen LogP contribution in [0.2, 0.25) is 0 Å². The van der Waals surface area contributed by atoms with Crippen LogP contribution in [0.5, 0.6) is 0 Å². The molecule has 0 heterocycles. The summed E-state index contributed by atoms with van der Waals surface area (Å²) < 4.78 is 13.7. The summed E-state index contributed by atoms with van der Waals surface area (Å²) in [5.41, 5.74) is -0.158. The molecular weight excluding hydrogens is 263 g/mol. The maximum atomic E-state index is 13.7. The maximum absolute atomic E-state index is 13.7. The molecule has 20 heavy (non-hydrogen) atoms. The van der Waals surface area contributed by atoms with Crippen LogP contribution < -0.4 is 5.32 Å². The number of anilines is 1. The molecule has 1 aliphatic carbocycles. The van der Waals surface area contributed by atoms with E-state index in [1.807, 2.05) is 0 Å². The number of carbonyl (C=O) groups is 2. The molecule has 2 N–H and O–H groups in total. The maximum Gasteiger partial charge on any atom is 0.335 e. The van der Waals surface area contributed by atoms with Crippen LogP contribution >= 0.6 is 0 Å². The van der Waals surface area contributed by atoms with Gasteiger partial charge in [-0.25, -0.2) is 14.0 Å². The van der Waals surface area contributed by atoms with Gasteiger partial charge in [-0.2, -0.15) is 0 Å². The number of hydrogen-bond donors (Lipinski definition) is 2. The molecule has 0 aromatic heterocycles. The Labute approximate surface area is 116 Å². The lowest BCUT2D eigenvalue weighted by molar-refractivity contribution is 0.0696. The third-order valence-corrected chi connectivity index (χ3v) is 3.65. The standard InChI is InChI=1S/C14H17FN2O3/c1-17(10-4-2-3-5-10)14(20)16-12-7-6-9(13(18)19)8-11(12)15/h6-8,10H,2-5H2,1H3,(H,16,20)(H,18,19). The van der Waals surface area contributed by atoms with Crippen molar-refractivity contribution >= 4 is 17.7 Å². The molecule has 0 unspecified atom stereocenters. The molecular formula is C14H17FN2O3. The molecule has 1 fully saturated rings. The van der Waals surface area contributed by atoms with Crippen molar-refractivity contribution < 1.29 is 19.1 Å². The summed E-state index contributed by atoms with van der Waals surface area (Å²) in [6, 6.07) is 3.23. The van der Waals surface area contributed by atoms with Gasteiger partial charge in [0, 0.05) is 13.1 Å². The molecule has 0 atom stereocenters. The van der Waals surface area contributed by atoms with Crippen LogP contribution in [0.25, 0.3) is 0 Å². The predicted molar refractivity (Wildman–Crippen MR) is 72.4 cm³/mol. The molecule has 1 saturated carbocycles. The topological polar surface area (TPSA) is 69.6 Å². The van der Waals surface area contributed by atoms with Crippen LogP contribution in [0, 0.1) is 5.82 Å². The SMILES string of the molecule is CN(C(=O)Nc1ccc(C(=O)O)cc1F)C1CCCC1. The van der Waals surface area contributed by atoms with Gasteiger partial charge in [0.05, 0.1) is 11.3 Å². The van der Waals surface area contributed by atoms with Crippen molar-refractivity contribution in [2.75, 3.05) is 12.4 Å². The van der Waals surface area contributed by atoms with E-state index in [4.69, 9.17) is 5.11 Å². The summed E-state index contributed by atoms with van der Waals surface area (Å²) in [6.45, 7) is 0. The molecule has 0 spiro atoms. The van der Waals surface area contributed by atoms with Gasteiger partial charge in [-0.3, -0.25) is 0 Å². The van der Waals surface area contributed by atoms with Crippen LogP contribution in [-0.4, -0.2) is 35.1 Å². The molecule has 2 rings (SSSR count). The Morgan fingerprint density at radius 2 is 2.00 bits per heavy atom. The minimum absolute atomic E-state index is 0.00940. The van der Waals surface area contributed by atoms with Crippen molar-refractivity contribution in [1.29, 1.82) is 0 Å². The largest absolute Gasteiger partial charge is 0.478 e. The average molecular weight is 280 g/mol. The summed E-state index contributed by atoms with van der Waals surface area (Å²) in [5.74, 6) is -1.96. The predicted octanol–water partition coefficient (Wildman–Crippen LogP) is 2.93. The summed E-state index contributed by atoms with van der Waals surface area (Å²) >= 11 is 0. The van der Waals surface area contributed by atoms with Gasteiger partial charge >= 0.3 is 12.0 Å². The van der Waals surface area contributed by atoms with Gasteiger partial charge in [0.2, 0.25) is 0 Å². The average Bonchev–Trinajstić information content (AvgIpc) is 2.93. The highest BCUT2D eigenvalue weighted by Crippen LogP contribution is 2.23. The van der Waals surface area contributed by atoms with Gasteiger partial charge < -0.3 is 15.3 Å². The van der Waals surface area contributed by atoms with Crippen molar-refractivity contribution in [2.45, 2.75) is 31.7 Å². The van der Waals surface area contributed by atoms with E-state index in [2.05, 4.69) is 5.32 Å². The second kappa shape index (κ2) is 5.90. The van der Waals surface area contributed by atoms with E-state index < -0.39 is 11.8 Å². The van der Waals surface area contributed by atoms with Crippen molar-refractivity contribution in [1.82, 2.24) is 4.90 Å². The first-order valence-corrected chi connectivity index (χ1v) is 6.55. The van der Waals surface area contributed by atoms with E-state index in [0.717, 1.165) is 31.7 Å². The first-order valence-electron chi connectivity index (χ1n) is 6.55. The fraction of sp³-hybridized carbons (Fsp3) is 0.429. The Hall–Kier alpha value is -2.11. The van der Waals surface area contributed by atoms with Crippen molar-refractivity contribution in [2.24, 2.45) is 0 Å². The number of carboxylic acids is 1. The second-order valence-corrected chi connectivity index (χ2v) is 4.98. The first-order chi connectivity index (χ1) is 9.49. The number of nitrogens with zero attached hydrogens (tertiary/aromatic N) is 1. The van der Waals surface area contributed by atoms with E-state index >= 15 is 0 Å². The Morgan fingerprint density at radius 1 is 1.35 bits per heavy atom. The van der Waals surface area contributed by atoms with Gasteiger partial charge in [0.15, 0.2) is 0 Å². The summed E-state index contributed by atoms with van der Waals surface area (Å²) in [7, 11) is 1.69. The Bertz CT molecular complexity index is 527. The monoisotopic (exact) mass is 280 g/mol. The summed E-state index contributed by atoms with van der Waals surface area (Å²) in [4.78, 5) is 24.3. The van der Waals surface area contributed by atoms with Gasteiger partial charge in [-0.05, 0) is 31.0 Å². The Balaban J connectivity index is 2.05. The van der Waals surface area contributed by atoms with E-state index in [1.165, 1.54) is 12.1 Å². The van der Waals surface area contributed by atoms with Crippen molar-refractivity contribution in [3.05, 3.63) is 29.6 Å². The molecule has 0 radical (unpaired) electrons. The van der Waals surface area contributed by atoms with E-state index in [1.54, 1.807) is 11.9 Å². The molecule has 0 aliphatic heterocycles. The van der Waals surface area contributed by atoms with Crippen LogP contribution in [0.4, 0.5) is 14.9 Å². The normalized spacial score (nSPS) is 15.1. The Kier molecular flexibility index (Phi) is 4.22. The molecule has 6 heteroatoms. The molecule has 1 aromatic rings. The fourth-order valence-electron chi connectivity index (χ4n) is 2.41. The Morgan fingerprint density at radius 3 is 2.55 bits per heavy atom. The number of carbonyl (C=O) groups excluding carboxylic acids is 1. The van der Waals surface area contributed by atoms with Crippen molar-refractivity contribution in [3.8, 4) is 0 Å². The fourth-order valence-corrected chi connectivity index (χ4v) is 2.41. The lowest BCUT2D eigenvalue weighted by atomic mass is 10.2. The highest BCUT2D eigenvalue weighted by atomic mass is 19.1. The molecule has 2 amide bonds. The number of benzene rings is 1. The van der Waals surface area contributed by atoms with Gasteiger partial charge in [0.1, 0.15) is 5.82 Å². The number of carboxylic acid groups (broad SMARTS) is 1. The first kappa shape index (κ1) is 14.3. The van der Waals surface area contributed by atoms with Crippen LogP contribution in [0.15, 0.2) is 18.2 Å².